The number of alkyl halides is 3. The molecular weight excluding hydrogens is 293 g/mol. The summed E-state index contributed by atoms with van der Waals surface area (Å²) < 4.78 is 45.6. The molecule has 1 heterocycles. The van der Waals surface area contributed by atoms with Gasteiger partial charge in [-0.1, -0.05) is 12.1 Å². The average Bonchev–Trinajstić information content (AvgIpc) is 2.40. The number of nitrogens with zero attached hydrogens (tertiary/aromatic N) is 2. The Morgan fingerprint density at radius 1 is 1.14 bits per heavy atom. The predicted octanol–water partition coefficient (Wildman–Crippen LogP) is 2.87. The third-order valence-electron chi connectivity index (χ3n) is 2.13. The van der Waals surface area contributed by atoms with Crippen LogP contribution in [0.25, 0.3) is 0 Å². The molecule has 1 N–H and O–H groups in total. The summed E-state index contributed by atoms with van der Waals surface area (Å²) in [5, 5.41) is 8.76. The van der Waals surface area contributed by atoms with E-state index < -0.39 is 24.1 Å². The number of carboxylic acids is 1. The molecule has 9 heteroatoms. The van der Waals surface area contributed by atoms with Crippen LogP contribution >= 0.6 is 0 Å². The van der Waals surface area contributed by atoms with Crippen molar-refractivity contribution in [3.05, 3.63) is 42.2 Å². The smallest absolute Gasteiger partial charge is 0.477 e. The van der Waals surface area contributed by atoms with Crippen molar-refractivity contribution in [2.45, 2.75) is 6.36 Å². The van der Waals surface area contributed by atoms with Gasteiger partial charge in [-0.05, 0) is 18.2 Å². The summed E-state index contributed by atoms with van der Waals surface area (Å²) in [6.07, 6.45) is -3.78. The standard InChI is InChI=1S/C12H7F3N2O4/c13-12(14,15)21-9-4-2-1-3-8(9)20-11-16-6-5-7(17-11)10(18)19/h1-6H,(H,18,19). The van der Waals surface area contributed by atoms with E-state index in [4.69, 9.17) is 9.84 Å². The number of halogens is 3. The molecule has 21 heavy (non-hydrogen) atoms. The summed E-state index contributed by atoms with van der Waals surface area (Å²) in [6, 6.07) is 5.70. The van der Waals surface area contributed by atoms with Crippen molar-refractivity contribution in [2.75, 3.05) is 0 Å². The van der Waals surface area contributed by atoms with Crippen LogP contribution in [0.4, 0.5) is 13.2 Å². The molecule has 0 unspecified atom stereocenters. The molecule has 0 radical (unpaired) electrons. The minimum atomic E-state index is -4.89. The molecule has 0 aliphatic carbocycles. The summed E-state index contributed by atoms with van der Waals surface area (Å²) in [5.74, 6) is -2.20. The molecule has 0 fully saturated rings. The molecule has 0 spiro atoms. The SMILES string of the molecule is O=C(O)c1ccnc(Oc2ccccc2OC(F)(F)F)n1. The van der Waals surface area contributed by atoms with Gasteiger partial charge >= 0.3 is 18.3 Å². The Morgan fingerprint density at radius 2 is 1.81 bits per heavy atom. The molecule has 0 bridgehead atoms. The second kappa shape index (κ2) is 5.65. The van der Waals surface area contributed by atoms with Gasteiger partial charge in [0, 0.05) is 6.20 Å². The fourth-order valence-corrected chi connectivity index (χ4v) is 1.35. The van der Waals surface area contributed by atoms with E-state index in [9.17, 15) is 18.0 Å². The van der Waals surface area contributed by atoms with Crippen LogP contribution in [0.2, 0.25) is 0 Å². The first-order valence-corrected chi connectivity index (χ1v) is 5.44. The number of hydrogen-bond donors (Lipinski definition) is 1. The summed E-state index contributed by atoms with van der Waals surface area (Å²) in [6.45, 7) is 0. The van der Waals surface area contributed by atoms with Gasteiger partial charge in [-0.3, -0.25) is 0 Å². The molecule has 0 amide bonds. The molecule has 0 saturated carbocycles. The first kappa shape index (κ1) is 14.6. The lowest BCUT2D eigenvalue weighted by molar-refractivity contribution is -0.275. The lowest BCUT2D eigenvalue weighted by Crippen LogP contribution is -2.17. The van der Waals surface area contributed by atoms with Crippen molar-refractivity contribution < 1.29 is 32.5 Å². The Labute approximate surface area is 115 Å². The van der Waals surface area contributed by atoms with Crippen molar-refractivity contribution in [3.63, 3.8) is 0 Å². The maximum atomic E-state index is 12.2. The van der Waals surface area contributed by atoms with E-state index in [1.165, 1.54) is 18.2 Å². The van der Waals surface area contributed by atoms with Crippen LogP contribution in [0.1, 0.15) is 10.5 Å². The molecule has 0 saturated heterocycles. The summed E-state index contributed by atoms with van der Waals surface area (Å²) in [7, 11) is 0. The summed E-state index contributed by atoms with van der Waals surface area (Å²) >= 11 is 0. The van der Waals surface area contributed by atoms with E-state index in [0.717, 1.165) is 18.3 Å². The normalized spacial score (nSPS) is 11.0. The number of ether oxygens (including phenoxy) is 2. The van der Waals surface area contributed by atoms with Crippen molar-refractivity contribution in [2.24, 2.45) is 0 Å². The highest BCUT2D eigenvalue weighted by molar-refractivity contribution is 5.85. The van der Waals surface area contributed by atoms with Crippen LogP contribution in [0, 0.1) is 0 Å². The van der Waals surface area contributed by atoms with Crippen LogP contribution in [0.5, 0.6) is 17.5 Å². The molecular formula is C12H7F3N2O4. The molecule has 6 nitrogen and oxygen atoms in total. The van der Waals surface area contributed by atoms with Gasteiger partial charge in [-0.25, -0.2) is 9.78 Å². The number of rotatable bonds is 4. The first-order chi connectivity index (χ1) is 9.85. The van der Waals surface area contributed by atoms with Crippen LogP contribution in [0.15, 0.2) is 36.5 Å². The number of carbonyl (C=O) groups is 1. The van der Waals surface area contributed by atoms with Crippen LogP contribution in [-0.2, 0) is 0 Å². The van der Waals surface area contributed by atoms with Crippen LogP contribution in [-0.4, -0.2) is 27.4 Å². The molecule has 1 aromatic heterocycles. The van der Waals surface area contributed by atoms with Gasteiger partial charge < -0.3 is 14.6 Å². The predicted molar refractivity (Wildman–Crippen MR) is 62.2 cm³/mol. The lowest BCUT2D eigenvalue weighted by atomic mass is 10.3. The molecule has 0 aliphatic rings. The summed E-state index contributed by atoms with van der Waals surface area (Å²) in [5.41, 5.74) is -0.353. The number of carboxylic acid groups (broad SMARTS) is 1. The maximum absolute atomic E-state index is 12.2. The number of hydrogen-bond acceptors (Lipinski definition) is 5. The van der Waals surface area contributed by atoms with Crippen molar-refractivity contribution in [1.82, 2.24) is 9.97 Å². The highest BCUT2D eigenvalue weighted by Gasteiger charge is 2.32. The Hall–Kier alpha value is -2.84. The van der Waals surface area contributed by atoms with E-state index >= 15 is 0 Å². The minimum Gasteiger partial charge on any atom is -0.477 e. The van der Waals surface area contributed by atoms with E-state index in [2.05, 4.69) is 14.7 Å². The monoisotopic (exact) mass is 300 g/mol. The topological polar surface area (TPSA) is 81.5 Å². The van der Waals surface area contributed by atoms with E-state index in [0.29, 0.717) is 0 Å². The fraction of sp³-hybridized carbons (Fsp3) is 0.0833. The highest BCUT2D eigenvalue weighted by atomic mass is 19.4. The Bertz CT molecular complexity index is 661. The third kappa shape index (κ3) is 4.06. The molecule has 0 aliphatic heterocycles. The van der Waals surface area contributed by atoms with Gasteiger partial charge in [-0.15, -0.1) is 13.2 Å². The molecule has 1 aromatic carbocycles. The largest absolute Gasteiger partial charge is 0.573 e. The Kier molecular flexibility index (Phi) is 3.92. The molecule has 110 valence electrons. The molecule has 2 rings (SSSR count). The second-order valence-electron chi connectivity index (χ2n) is 3.63. The zero-order valence-electron chi connectivity index (χ0n) is 10.2. The van der Waals surface area contributed by atoms with Crippen molar-refractivity contribution in [1.29, 1.82) is 0 Å². The van der Waals surface area contributed by atoms with Gasteiger partial charge in [0.2, 0.25) is 0 Å². The van der Waals surface area contributed by atoms with Gasteiger partial charge in [-0.2, -0.15) is 4.98 Å². The van der Waals surface area contributed by atoms with E-state index in [1.54, 1.807) is 0 Å². The zero-order valence-corrected chi connectivity index (χ0v) is 10.2. The van der Waals surface area contributed by atoms with E-state index in [-0.39, 0.29) is 11.4 Å². The Balaban J connectivity index is 2.27. The van der Waals surface area contributed by atoms with Gasteiger partial charge in [0.1, 0.15) is 0 Å². The van der Waals surface area contributed by atoms with Crippen LogP contribution in [0.3, 0.4) is 0 Å². The molecule has 2 aromatic rings. The summed E-state index contributed by atoms with van der Waals surface area (Å²) in [4.78, 5) is 17.9. The minimum absolute atomic E-state index is 0.294. The zero-order chi connectivity index (χ0) is 15.5. The second-order valence-corrected chi connectivity index (χ2v) is 3.63. The first-order valence-electron chi connectivity index (χ1n) is 5.44. The number of aromatic nitrogens is 2. The molecule has 0 atom stereocenters. The highest BCUT2D eigenvalue weighted by Crippen LogP contribution is 2.33. The number of benzene rings is 1. The quantitative estimate of drug-likeness (QED) is 0.935. The van der Waals surface area contributed by atoms with Gasteiger partial charge in [0.15, 0.2) is 17.2 Å². The van der Waals surface area contributed by atoms with Gasteiger partial charge in [0.05, 0.1) is 0 Å². The Morgan fingerprint density at radius 3 is 2.43 bits per heavy atom. The number of aromatic carboxylic acids is 1. The van der Waals surface area contributed by atoms with Crippen molar-refractivity contribution in [3.8, 4) is 17.5 Å². The average molecular weight is 300 g/mol. The van der Waals surface area contributed by atoms with E-state index in [1.807, 2.05) is 0 Å². The van der Waals surface area contributed by atoms with Gasteiger partial charge in [0.25, 0.3) is 0 Å². The fourth-order valence-electron chi connectivity index (χ4n) is 1.35. The number of para-hydroxylation sites is 2. The van der Waals surface area contributed by atoms with Crippen LogP contribution < -0.4 is 9.47 Å². The van der Waals surface area contributed by atoms with Crippen molar-refractivity contribution >= 4 is 5.97 Å². The maximum Gasteiger partial charge on any atom is 0.573 e. The lowest BCUT2D eigenvalue weighted by Gasteiger charge is -2.12. The third-order valence-corrected chi connectivity index (χ3v) is 2.13.